The molecule has 0 bridgehead atoms. The topological polar surface area (TPSA) is 143 Å². The van der Waals surface area contributed by atoms with E-state index in [0.717, 1.165) is 0 Å². The van der Waals surface area contributed by atoms with Gasteiger partial charge in [0, 0.05) is 24.3 Å². The smallest absolute Gasteiger partial charge is 0.269 e. The lowest BCUT2D eigenvalue weighted by molar-refractivity contribution is -0.385. The molecule has 0 aromatic heterocycles. The van der Waals surface area contributed by atoms with E-state index in [0.29, 0.717) is 22.5 Å². The van der Waals surface area contributed by atoms with Crippen molar-refractivity contribution in [2.75, 3.05) is 5.01 Å². The third-order valence-corrected chi connectivity index (χ3v) is 6.97. The number of benzene rings is 3. The van der Waals surface area contributed by atoms with Gasteiger partial charge in [0.25, 0.3) is 17.3 Å². The van der Waals surface area contributed by atoms with Gasteiger partial charge in [-0.3, -0.25) is 25.0 Å². The van der Waals surface area contributed by atoms with E-state index in [9.17, 15) is 25.0 Å². The zero-order valence-corrected chi connectivity index (χ0v) is 20.2. The molecule has 0 radical (unpaired) electrons. The maximum Gasteiger partial charge on any atom is 0.269 e. The van der Waals surface area contributed by atoms with Crippen molar-refractivity contribution in [3.63, 3.8) is 0 Å². The number of para-hydroxylation sites is 1. The van der Waals surface area contributed by atoms with Crippen LogP contribution in [0.25, 0.3) is 0 Å². The Hall–Kier alpha value is -4.71. The van der Waals surface area contributed by atoms with Crippen molar-refractivity contribution in [1.29, 1.82) is 0 Å². The number of hydrogen-bond acceptors (Lipinski definition) is 7. The van der Waals surface area contributed by atoms with Crippen molar-refractivity contribution < 1.29 is 14.6 Å². The largest absolute Gasteiger partial charge is 0.354 e. The van der Waals surface area contributed by atoms with Crippen LogP contribution in [0, 0.1) is 25.6 Å². The van der Waals surface area contributed by atoms with Crippen molar-refractivity contribution >= 4 is 46.0 Å². The molecule has 3 aromatic carbocycles. The number of rotatable bonds is 5. The van der Waals surface area contributed by atoms with Gasteiger partial charge in [0.15, 0.2) is 5.11 Å². The first-order valence-electron chi connectivity index (χ1n) is 11.2. The minimum absolute atomic E-state index is 0.0877. The molecule has 3 atom stereocenters. The number of carbonyl (C=O) groups excluding carboxylic acids is 1. The molecule has 1 unspecified atom stereocenters. The normalized spacial score (nSPS) is 22.8. The van der Waals surface area contributed by atoms with Crippen LogP contribution in [0.2, 0.25) is 0 Å². The van der Waals surface area contributed by atoms with E-state index in [1.807, 2.05) is 6.07 Å². The van der Waals surface area contributed by atoms with Crippen LogP contribution in [-0.2, 0) is 4.79 Å². The predicted molar refractivity (Wildman–Crippen MR) is 140 cm³/mol. The summed E-state index contributed by atoms with van der Waals surface area (Å²) < 4.78 is 0. The van der Waals surface area contributed by atoms with Crippen LogP contribution in [0.5, 0.6) is 0 Å². The van der Waals surface area contributed by atoms with E-state index in [1.54, 1.807) is 55.5 Å². The molecule has 1 saturated heterocycles. The number of non-ortho nitro benzene ring substituents is 2. The van der Waals surface area contributed by atoms with Crippen LogP contribution in [0.1, 0.15) is 30.1 Å². The van der Waals surface area contributed by atoms with Gasteiger partial charge in [0.05, 0.1) is 33.3 Å². The predicted octanol–water partition coefficient (Wildman–Crippen LogP) is 4.17. The van der Waals surface area contributed by atoms with Gasteiger partial charge in [-0.25, -0.2) is 0 Å². The summed E-state index contributed by atoms with van der Waals surface area (Å²) >= 11 is 5.51. The third kappa shape index (κ3) is 3.87. The second-order valence-corrected chi connectivity index (χ2v) is 9.10. The van der Waals surface area contributed by atoms with E-state index < -0.39 is 27.3 Å². The molecule has 3 aromatic rings. The lowest BCUT2D eigenvalue weighted by atomic mass is 9.65. The Morgan fingerprint density at radius 1 is 0.838 bits per heavy atom. The summed E-state index contributed by atoms with van der Waals surface area (Å²) in [6.07, 6.45) is 0. The van der Waals surface area contributed by atoms with E-state index in [2.05, 4.69) is 15.7 Å². The highest BCUT2D eigenvalue weighted by Gasteiger charge is 2.62. The Labute approximate surface area is 216 Å². The van der Waals surface area contributed by atoms with Crippen LogP contribution in [0.4, 0.5) is 17.1 Å². The second kappa shape index (κ2) is 9.06. The quantitative estimate of drug-likeness (QED) is 0.292. The Bertz CT molecular complexity index is 1370. The number of nitrogens with one attached hydrogen (secondary N) is 2. The van der Waals surface area contributed by atoms with Gasteiger partial charge in [-0.1, -0.05) is 42.5 Å². The number of anilines is 1. The van der Waals surface area contributed by atoms with E-state index >= 15 is 0 Å². The van der Waals surface area contributed by atoms with Crippen molar-refractivity contribution in [3.05, 3.63) is 110 Å². The molecule has 5 rings (SSSR count). The fraction of sp³-hybridized carbons (Fsp3) is 0.160. The number of carbonyl (C=O) groups is 1. The number of nitrogens with zero attached hydrogens (tertiary/aromatic N) is 4. The third-order valence-electron chi connectivity index (χ3n) is 6.73. The van der Waals surface area contributed by atoms with Crippen LogP contribution < -0.4 is 15.6 Å². The Kier molecular flexibility index (Phi) is 5.88. The van der Waals surface area contributed by atoms with Crippen molar-refractivity contribution in [1.82, 2.24) is 10.6 Å². The van der Waals surface area contributed by atoms with Gasteiger partial charge < -0.3 is 10.6 Å². The summed E-state index contributed by atoms with van der Waals surface area (Å²) in [7, 11) is 0. The summed E-state index contributed by atoms with van der Waals surface area (Å²) in [6, 6.07) is 19.3. The summed E-state index contributed by atoms with van der Waals surface area (Å²) in [5.41, 5.74) is 0.714. The zero-order valence-electron chi connectivity index (χ0n) is 19.4. The fourth-order valence-corrected chi connectivity index (χ4v) is 5.22. The minimum atomic E-state index is -1.36. The van der Waals surface area contributed by atoms with E-state index in [1.165, 1.54) is 29.3 Å². The zero-order chi connectivity index (χ0) is 26.3. The molecule has 0 saturated carbocycles. The van der Waals surface area contributed by atoms with Crippen LogP contribution in [0.15, 0.2) is 84.0 Å². The fourth-order valence-electron chi connectivity index (χ4n) is 4.98. The molecule has 2 aliphatic rings. The van der Waals surface area contributed by atoms with Gasteiger partial charge in [-0.15, -0.1) is 0 Å². The van der Waals surface area contributed by atoms with E-state index in [-0.39, 0.29) is 22.4 Å². The lowest BCUT2D eigenvalue weighted by Crippen LogP contribution is -2.63. The van der Waals surface area contributed by atoms with Gasteiger partial charge in [-0.05, 0) is 42.4 Å². The molecular weight excluding hydrogens is 496 g/mol. The number of hydrazone groups is 1. The highest BCUT2D eigenvalue weighted by atomic mass is 32.1. The second-order valence-electron chi connectivity index (χ2n) is 8.69. The van der Waals surface area contributed by atoms with Gasteiger partial charge in [0.1, 0.15) is 5.41 Å². The monoisotopic (exact) mass is 516 g/mol. The Balaban J connectivity index is 1.69. The first kappa shape index (κ1) is 24.0. The minimum Gasteiger partial charge on any atom is -0.354 e. The van der Waals surface area contributed by atoms with Crippen molar-refractivity contribution in [2.45, 2.75) is 19.0 Å². The molecule has 37 heavy (non-hydrogen) atoms. The standard InChI is InChI=1S/C25H20N6O5S/c1-15-25(23(32)29(28-15)18-5-3-2-4-6-18)21(16-7-11-19(12-8-16)30(33)34)26-24(37)27-22(25)17-9-13-20(14-10-17)31(35)36/h2-14,21-22H,1H3,(H2,26,27,37)/t21-,22+,25?. The molecule has 2 heterocycles. The summed E-state index contributed by atoms with van der Waals surface area (Å²) in [6.45, 7) is 1.75. The Morgan fingerprint density at radius 2 is 1.30 bits per heavy atom. The summed E-state index contributed by atoms with van der Waals surface area (Å²) in [5.74, 6) is -0.342. The maximum absolute atomic E-state index is 14.4. The van der Waals surface area contributed by atoms with Crippen molar-refractivity contribution in [2.24, 2.45) is 10.5 Å². The summed E-state index contributed by atoms with van der Waals surface area (Å²) in [5, 5.41) is 35.1. The SMILES string of the molecule is CC1=NN(c2ccccc2)C(=O)C12[C@@H](c1ccc([N+](=O)[O-])cc1)NC(=S)N[C@H]2c1ccc([N+](=O)[O-])cc1. The average Bonchev–Trinajstić information content (AvgIpc) is 3.16. The average molecular weight is 517 g/mol. The highest BCUT2D eigenvalue weighted by Crippen LogP contribution is 2.52. The maximum atomic E-state index is 14.4. The molecule has 186 valence electrons. The molecule has 12 heteroatoms. The number of nitro groups is 2. The molecule has 11 nitrogen and oxygen atoms in total. The van der Waals surface area contributed by atoms with Gasteiger partial charge in [0.2, 0.25) is 0 Å². The molecule has 2 N–H and O–H groups in total. The first-order valence-corrected chi connectivity index (χ1v) is 11.7. The summed E-state index contributed by atoms with van der Waals surface area (Å²) in [4.78, 5) is 35.9. The molecular formula is C25H20N6O5S. The number of thiocarbonyl (C=S) groups is 1. The van der Waals surface area contributed by atoms with Crippen LogP contribution in [0.3, 0.4) is 0 Å². The molecule has 1 amide bonds. The van der Waals surface area contributed by atoms with Crippen LogP contribution in [-0.4, -0.2) is 26.6 Å². The van der Waals surface area contributed by atoms with E-state index in [4.69, 9.17) is 12.2 Å². The molecule has 0 aliphatic carbocycles. The molecule has 2 aliphatic heterocycles. The number of nitro benzene ring substituents is 2. The number of amides is 1. The molecule has 1 fully saturated rings. The Morgan fingerprint density at radius 3 is 1.73 bits per heavy atom. The van der Waals surface area contributed by atoms with Crippen molar-refractivity contribution in [3.8, 4) is 0 Å². The first-order chi connectivity index (χ1) is 17.7. The van der Waals surface area contributed by atoms with Crippen LogP contribution >= 0.6 is 12.2 Å². The molecule has 1 spiro atoms. The highest BCUT2D eigenvalue weighted by molar-refractivity contribution is 7.80. The van der Waals surface area contributed by atoms with Gasteiger partial charge >= 0.3 is 0 Å². The lowest BCUT2D eigenvalue weighted by Gasteiger charge is -2.47. The van der Waals surface area contributed by atoms with Gasteiger partial charge in [-0.2, -0.15) is 10.1 Å². The number of hydrogen-bond donors (Lipinski definition) is 2.